The maximum Gasteiger partial charge on any atom is 0.317 e. The molecule has 1 saturated heterocycles. The highest BCUT2D eigenvalue weighted by molar-refractivity contribution is 5.85. The van der Waals surface area contributed by atoms with Gasteiger partial charge in [-0.15, -0.1) is 12.4 Å². The van der Waals surface area contributed by atoms with Gasteiger partial charge in [-0.3, -0.25) is 4.90 Å². The van der Waals surface area contributed by atoms with Gasteiger partial charge in [-0.05, 0) is 54.6 Å². The Morgan fingerprint density at radius 3 is 2.79 bits per heavy atom. The number of nitrogens with zero attached hydrogens (tertiary/aromatic N) is 3. The van der Waals surface area contributed by atoms with E-state index < -0.39 is 0 Å². The van der Waals surface area contributed by atoms with Gasteiger partial charge in [-0.2, -0.15) is 5.26 Å². The molecule has 5 nitrogen and oxygen atoms in total. The van der Waals surface area contributed by atoms with Gasteiger partial charge in [-0.25, -0.2) is 4.79 Å². The van der Waals surface area contributed by atoms with Crippen LogP contribution in [0.1, 0.15) is 35.1 Å². The normalized spacial score (nSPS) is 18.9. The standard InChI is InChI=1S/C23H26N4O.ClH/c24-14-18-5-3-6-19(13-18)15-26-11-4-9-22(17-26)25-23(28)27-12-10-20-7-1-2-8-21(20)16-27;/h1-3,5-8,13,22H,4,9-12,15-17H2,(H,25,28);1H. The number of fused-ring (bicyclic) bond motifs is 1. The first-order valence-corrected chi connectivity index (χ1v) is 10.0. The summed E-state index contributed by atoms with van der Waals surface area (Å²) in [7, 11) is 0. The average Bonchev–Trinajstić information content (AvgIpc) is 2.74. The van der Waals surface area contributed by atoms with Crippen molar-refractivity contribution >= 4 is 18.4 Å². The molecule has 2 aliphatic heterocycles. The van der Waals surface area contributed by atoms with Crippen LogP contribution in [0.4, 0.5) is 4.79 Å². The lowest BCUT2D eigenvalue weighted by Crippen LogP contribution is -2.52. The number of urea groups is 1. The molecular formula is C23H27ClN4O. The van der Waals surface area contributed by atoms with Crippen LogP contribution in [0.5, 0.6) is 0 Å². The number of piperidine rings is 1. The number of rotatable bonds is 3. The lowest BCUT2D eigenvalue weighted by Gasteiger charge is -2.35. The van der Waals surface area contributed by atoms with Gasteiger partial charge >= 0.3 is 6.03 Å². The molecular weight excluding hydrogens is 384 g/mol. The van der Waals surface area contributed by atoms with E-state index in [-0.39, 0.29) is 24.5 Å². The van der Waals surface area contributed by atoms with Crippen molar-refractivity contribution in [2.45, 2.75) is 38.4 Å². The van der Waals surface area contributed by atoms with Crippen molar-refractivity contribution in [3.8, 4) is 6.07 Å². The highest BCUT2D eigenvalue weighted by atomic mass is 35.5. The van der Waals surface area contributed by atoms with Crippen LogP contribution in [0.2, 0.25) is 0 Å². The number of amides is 2. The molecule has 0 saturated carbocycles. The van der Waals surface area contributed by atoms with Crippen molar-refractivity contribution in [3.63, 3.8) is 0 Å². The number of carbonyl (C=O) groups is 1. The number of halogens is 1. The van der Waals surface area contributed by atoms with Gasteiger partial charge in [0.15, 0.2) is 0 Å². The zero-order valence-corrected chi connectivity index (χ0v) is 17.3. The van der Waals surface area contributed by atoms with Gasteiger partial charge in [0.2, 0.25) is 0 Å². The number of likely N-dealkylation sites (tertiary alicyclic amines) is 1. The Hall–Kier alpha value is -2.55. The summed E-state index contributed by atoms with van der Waals surface area (Å²) in [5.41, 5.74) is 4.46. The van der Waals surface area contributed by atoms with E-state index in [9.17, 15) is 4.79 Å². The molecule has 0 radical (unpaired) electrons. The summed E-state index contributed by atoms with van der Waals surface area (Å²) in [5, 5.41) is 12.3. The van der Waals surface area contributed by atoms with Crippen LogP contribution < -0.4 is 5.32 Å². The summed E-state index contributed by atoms with van der Waals surface area (Å²) < 4.78 is 0. The number of hydrogen-bond donors (Lipinski definition) is 1. The van der Waals surface area contributed by atoms with Gasteiger partial charge in [0.05, 0.1) is 11.6 Å². The molecule has 0 spiro atoms. The van der Waals surface area contributed by atoms with Crippen LogP contribution in [0.15, 0.2) is 48.5 Å². The van der Waals surface area contributed by atoms with Gasteiger partial charge < -0.3 is 10.2 Å². The summed E-state index contributed by atoms with van der Waals surface area (Å²) in [4.78, 5) is 17.1. The Kier molecular flexibility index (Phi) is 7.13. The van der Waals surface area contributed by atoms with Crippen LogP contribution in [-0.2, 0) is 19.5 Å². The fourth-order valence-electron chi connectivity index (χ4n) is 4.25. The Bertz CT molecular complexity index is 894. The van der Waals surface area contributed by atoms with Crippen LogP contribution in [-0.4, -0.2) is 41.5 Å². The van der Waals surface area contributed by atoms with E-state index in [4.69, 9.17) is 5.26 Å². The maximum atomic E-state index is 12.8. The molecule has 2 aromatic carbocycles. The van der Waals surface area contributed by atoms with Gasteiger partial charge in [0.25, 0.3) is 0 Å². The van der Waals surface area contributed by atoms with Crippen LogP contribution >= 0.6 is 12.4 Å². The minimum absolute atomic E-state index is 0. The average molecular weight is 411 g/mol. The van der Waals surface area contributed by atoms with Crippen molar-refractivity contribution in [1.82, 2.24) is 15.1 Å². The van der Waals surface area contributed by atoms with Gasteiger partial charge in [0, 0.05) is 32.2 Å². The summed E-state index contributed by atoms with van der Waals surface area (Å²) in [5.74, 6) is 0. The Labute approximate surface area is 178 Å². The number of hydrogen-bond acceptors (Lipinski definition) is 3. The molecule has 1 unspecified atom stereocenters. The van der Waals surface area contributed by atoms with Crippen LogP contribution in [0.25, 0.3) is 0 Å². The van der Waals surface area contributed by atoms with Crippen LogP contribution in [0, 0.1) is 11.3 Å². The molecule has 152 valence electrons. The quantitative estimate of drug-likeness (QED) is 0.839. The Morgan fingerprint density at radius 1 is 1.14 bits per heavy atom. The topological polar surface area (TPSA) is 59.4 Å². The third-order valence-corrected chi connectivity index (χ3v) is 5.71. The monoisotopic (exact) mass is 410 g/mol. The number of carbonyl (C=O) groups excluding carboxylic acids is 1. The first-order chi connectivity index (χ1) is 13.7. The SMILES string of the molecule is Cl.N#Cc1cccc(CN2CCCC(NC(=O)N3CCc4ccccc4C3)C2)c1. The minimum Gasteiger partial charge on any atom is -0.334 e. The number of nitriles is 1. The molecule has 1 atom stereocenters. The summed E-state index contributed by atoms with van der Waals surface area (Å²) >= 11 is 0. The Balaban J connectivity index is 0.00000240. The van der Waals surface area contributed by atoms with Crippen molar-refractivity contribution in [2.24, 2.45) is 0 Å². The number of benzene rings is 2. The maximum absolute atomic E-state index is 12.8. The second-order valence-electron chi connectivity index (χ2n) is 7.78. The fraction of sp³-hybridized carbons (Fsp3) is 0.391. The summed E-state index contributed by atoms with van der Waals surface area (Å²) in [6.07, 6.45) is 3.02. The zero-order valence-electron chi connectivity index (χ0n) is 16.5. The van der Waals surface area contributed by atoms with Gasteiger partial charge in [0.1, 0.15) is 0 Å². The highest BCUT2D eigenvalue weighted by Gasteiger charge is 2.25. The summed E-state index contributed by atoms with van der Waals surface area (Å²) in [6.45, 7) is 4.17. The molecule has 6 heteroatoms. The van der Waals surface area contributed by atoms with Crippen LogP contribution in [0.3, 0.4) is 0 Å². The minimum atomic E-state index is 0. The van der Waals surface area contributed by atoms with Crippen molar-refractivity contribution < 1.29 is 4.79 Å². The zero-order chi connectivity index (χ0) is 19.3. The summed E-state index contributed by atoms with van der Waals surface area (Å²) in [6, 6.07) is 18.6. The molecule has 1 fully saturated rings. The third kappa shape index (κ3) is 5.29. The van der Waals surface area contributed by atoms with E-state index in [1.165, 1.54) is 11.1 Å². The van der Waals surface area contributed by atoms with Crippen molar-refractivity contribution in [1.29, 1.82) is 5.26 Å². The second kappa shape index (κ2) is 9.78. The molecule has 2 aliphatic rings. The highest BCUT2D eigenvalue weighted by Crippen LogP contribution is 2.19. The lowest BCUT2D eigenvalue weighted by atomic mass is 10.00. The Morgan fingerprint density at radius 2 is 1.97 bits per heavy atom. The molecule has 0 aromatic heterocycles. The first-order valence-electron chi connectivity index (χ1n) is 10.0. The third-order valence-electron chi connectivity index (χ3n) is 5.71. The largest absolute Gasteiger partial charge is 0.334 e. The van der Waals surface area contributed by atoms with Gasteiger partial charge in [-0.1, -0.05) is 36.4 Å². The molecule has 1 N–H and O–H groups in total. The van der Waals surface area contributed by atoms with Crippen molar-refractivity contribution in [2.75, 3.05) is 19.6 Å². The molecule has 0 aliphatic carbocycles. The predicted octanol–water partition coefficient (Wildman–Crippen LogP) is 3.71. The molecule has 2 amide bonds. The molecule has 0 bridgehead atoms. The predicted molar refractivity (Wildman–Crippen MR) is 116 cm³/mol. The molecule has 2 heterocycles. The first kappa shape index (κ1) is 21.2. The van der Waals surface area contributed by atoms with E-state index >= 15 is 0 Å². The lowest BCUT2D eigenvalue weighted by molar-refractivity contribution is 0.160. The van der Waals surface area contributed by atoms with E-state index in [1.807, 2.05) is 29.2 Å². The molecule has 4 rings (SSSR count). The number of nitrogens with one attached hydrogen (secondary N) is 1. The smallest absolute Gasteiger partial charge is 0.317 e. The van der Waals surface area contributed by atoms with E-state index in [1.54, 1.807) is 0 Å². The molecule has 2 aromatic rings. The van der Waals surface area contributed by atoms with Crippen molar-refractivity contribution in [3.05, 3.63) is 70.8 Å². The van der Waals surface area contributed by atoms with E-state index in [2.05, 4.69) is 40.6 Å². The van der Waals surface area contributed by atoms with E-state index in [0.29, 0.717) is 12.1 Å². The second-order valence-corrected chi connectivity index (χ2v) is 7.78. The fourth-order valence-corrected chi connectivity index (χ4v) is 4.25. The van der Waals surface area contributed by atoms with E-state index in [0.717, 1.165) is 51.0 Å². The molecule has 29 heavy (non-hydrogen) atoms.